The molecule has 0 spiro atoms. The molecule has 0 fully saturated rings. The fourth-order valence-electron chi connectivity index (χ4n) is 3.45. The number of rotatable bonds is 20. The monoisotopic (exact) mass is 423 g/mol. The first kappa shape index (κ1) is 28.2. The van der Waals surface area contributed by atoms with Crippen LogP contribution in [0.2, 0.25) is 0 Å². The molecule has 1 atom stereocenters. The van der Waals surface area contributed by atoms with Crippen LogP contribution >= 0.6 is 0 Å². The van der Waals surface area contributed by atoms with E-state index >= 15 is 0 Å². The van der Waals surface area contributed by atoms with Crippen LogP contribution in [0.3, 0.4) is 0 Å². The van der Waals surface area contributed by atoms with Gasteiger partial charge in [-0.05, 0) is 19.3 Å². The van der Waals surface area contributed by atoms with E-state index in [1.807, 2.05) is 12.2 Å². The minimum Gasteiger partial charge on any atom is -0.378 e. The van der Waals surface area contributed by atoms with Gasteiger partial charge in [-0.2, -0.15) is 13.2 Å². The predicted molar refractivity (Wildman–Crippen MR) is 114 cm³/mol. The number of alkyl halides is 3. The molecule has 0 rings (SSSR count). The number of carbonyl (C=O) groups excluding carboxylic acids is 1. The smallest absolute Gasteiger partial charge is 0.378 e. The second kappa shape index (κ2) is 19.2. The summed E-state index contributed by atoms with van der Waals surface area (Å²) in [5.41, 5.74) is 0. The second-order valence-electron chi connectivity index (χ2n) is 8.07. The molecule has 0 radical (unpaired) electrons. The van der Waals surface area contributed by atoms with Gasteiger partial charge in [0.15, 0.2) is 0 Å². The van der Waals surface area contributed by atoms with Crippen LogP contribution in [0.25, 0.3) is 0 Å². The van der Waals surface area contributed by atoms with Crippen molar-refractivity contribution in [2.45, 2.75) is 129 Å². The first-order chi connectivity index (χ1) is 13.9. The Hall–Kier alpha value is -0.780. The zero-order valence-electron chi connectivity index (χ0n) is 18.8. The number of ether oxygens (including phenoxy) is 1. The molecule has 0 aromatic rings. The molecule has 0 bridgehead atoms. The van der Waals surface area contributed by atoms with Crippen LogP contribution in [0.1, 0.15) is 117 Å². The summed E-state index contributed by atoms with van der Waals surface area (Å²) in [7, 11) is 0. The molecule has 3 nitrogen and oxygen atoms in total. The van der Waals surface area contributed by atoms with Crippen LogP contribution in [0.15, 0.2) is 0 Å². The largest absolute Gasteiger partial charge is 0.471 e. The van der Waals surface area contributed by atoms with Crippen LogP contribution in [-0.4, -0.2) is 31.3 Å². The lowest BCUT2D eigenvalue weighted by molar-refractivity contribution is -0.173. The number of unbranched alkanes of at least 4 members (excludes halogenated alkanes) is 12. The third kappa shape index (κ3) is 19.0. The standard InChI is InChI=1S/C23H44F3NO2/c1-3-5-6-7-8-9-10-11-12-13-14-15-16-20-29-21(17-4-2)18-19-27-22(28)23(24,25)26/h21H,3-20H2,1-2H3,(H,27,28). The fourth-order valence-corrected chi connectivity index (χ4v) is 3.45. The van der Waals surface area contributed by atoms with E-state index in [1.165, 1.54) is 70.6 Å². The molecule has 1 unspecified atom stereocenters. The highest BCUT2D eigenvalue weighted by molar-refractivity contribution is 5.81. The first-order valence-corrected chi connectivity index (χ1v) is 11.9. The molecule has 1 N–H and O–H groups in total. The minimum atomic E-state index is -4.81. The van der Waals surface area contributed by atoms with E-state index in [1.54, 1.807) is 0 Å². The summed E-state index contributed by atoms with van der Waals surface area (Å²) >= 11 is 0. The highest BCUT2D eigenvalue weighted by Gasteiger charge is 2.38. The summed E-state index contributed by atoms with van der Waals surface area (Å²) in [6.45, 7) is 4.92. The molecule has 0 saturated heterocycles. The van der Waals surface area contributed by atoms with Crippen LogP contribution in [-0.2, 0) is 9.53 Å². The first-order valence-electron chi connectivity index (χ1n) is 11.9. The van der Waals surface area contributed by atoms with Crippen molar-refractivity contribution in [3.05, 3.63) is 0 Å². The van der Waals surface area contributed by atoms with E-state index in [0.717, 1.165) is 25.7 Å². The van der Waals surface area contributed by atoms with E-state index in [-0.39, 0.29) is 12.6 Å². The molecular formula is C23H44F3NO2. The van der Waals surface area contributed by atoms with Gasteiger partial charge >= 0.3 is 12.1 Å². The Bertz CT molecular complexity index is 376. The average Bonchev–Trinajstić information content (AvgIpc) is 2.67. The van der Waals surface area contributed by atoms with Crippen molar-refractivity contribution in [3.8, 4) is 0 Å². The Balaban J connectivity index is 3.52. The van der Waals surface area contributed by atoms with E-state index in [4.69, 9.17) is 4.74 Å². The number of carbonyl (C=O) groups is 1. The van der Waals surface area contributed by atoms with Crippen molar-refractivity contribution >= 4 is 5.91 Å². The minimum absolute atomic E-state index is 0.00160. The highest BCUT2D eigenvalue weighted by Crippen LogP contribution is 2.15. The van der Waals surface area contributed by atoms with Crippen molar-refractivity contribution in [2.75, 3.05) is 13.2 Å². The third-order valence-electron chi connectivity index (χ3n) is 5.22. The lowest BCUT2D eigenvalue weighted by atomic mass is 10.0. The molecule has 174 valence electrons. The maximum atomic E-state index is 12.2. The van der Waals surface area contributed by atoms with Gasteiger partial charge in [0, 0.05) is 13.2 Å². The number of hydrogen-bond donors (Lipinski definition) is 1. The summed E-state index contributed by atoms with van der Waals surface area (Å²) in [4.78, 5) is 10.8. The average molecular weight is 424 g/mol. The molecular weight excluding hydrogens is 379 g/mol. The van der Waals surface area contributed by atoms with Crippen molar-refractivity contribution in [1.29, 1.82) is 0 Å². The summed E-state index contributed by atoms with van der Waals surface area (Å²) in [6.07, 6.45) is 14.1. The van der Waals surface area contributed by atoms with E-state index in [2.05, 4.69) is 6.92 Å². The maximum absolute atomic E-state index is 12.2. The Kier molecular flexibility index (Phi) is 18.7. The molecule has 6 heteroatoms. The summed E-state index contributed by atoms with van der Waals surface area (Å²) < 4.78 is 42.3. The number of hydrogen-bond acceptors (Lipinski definition) is 2. The van der Waals surface area contributed by atoms with Crippen molar-refractivity contribution in [1.82, 2.24) is 5.32 Å². The molecule has 0 heterocycles. The Morgan fingerprint density at radius 1 is 0.759 bits per heavy atom. The molecule has 1 amide bonds. The molecule has 0 aromatic heterocycles. The van der Waals surface area contributed by atoms with E-state index in [0.29, 0.717) is 13.0 Å². The van der Waals surface area contributed by atoms with Crippen molar-refractivity contribution in [2.24, 2.45) is 0 Å². The van der Waals surface area contributed by atoms with Gasteiger partial charge in [-0.15, -0.1) is 0 Å². The Labute approximate surface area is 176 Å². The lowest BCUT2D eigenvalue weighted by Gasteiger charge is -2.18. The quantitative estimate of drug-likeness (QED) is 0.208. The Morgan fingerprint density at radius 2 is 1.24 bits per heavy atom. The van der Waals surface area contributed by atoms with E-state index < -0.39 is 12.1 Å². The van der Waals surface area contributed by atoms with Crippen molar-refractivity contribution < 1.29 is 22.7 Å². The van der Waals surface area contributed by atoms with Crippen LogP contribution < -0.4 is 5.32 Å². The third-order valence-corrected chi connectivity index (χ3v) is 5.22. The fraction of sp³-hybridized carbons (Fsp3) is 0.957. The van der Waals surface area contributed by atoms with Gasteiger partial charge < -0.3 is 10.1 Å². The SMILES string of the molecule is CCCCCCCCCCCCCCCOC(CCC)CCNC(=O)C(F)(F)F. The van der Waals surface area contributed by atoms with Gasteiger partial charge in [0.25, 0.3) is 0 Å². The lowest BCUT2D eigenvalue weighted by Crippen LogP contribution is -2.38. The molecule has 0 aromatic carbocycles. The number of amides is 1. The van der Waals surface area contributed by atoms with E-state index in [9.17, 15) is 18.0 Å². The molecule has 0 saturated carbocycles. The van der Waals surface area contributed by atoms with Gasteiger partial charge in [0.05, 0.1) is 6.10 Å². The van der Waals surface area contributed by atoms with Crippen LogP contribution in [0, 0.1) is 0 Å². The predicted octanol–water partition coefficient (Wildman–Crippen LogP) is 7.33. The number of nitrogens with one attached hydrogen (secondary N) is 1. The van der Waals surface area contributed by atoms with Gasteiger partial charge in [-0.3, -0.25) is 4.79 Å². The molecule has 29 heavy (non-hydrogen) atoms. The van der Waals surface area contributed by atoms with Gasteiger partial charge in [-0.1, -0.05) is 97.3 Å². The van der Waals surface area contributed by atoms with Crippen LogP contribution in [0.5, 0.6) is 0 Å². The normalized spacial score (nSPS) is 12.9. The Morgan fingerprint density at radius 3 is 1.69 bits per heavy atom. The molecule has 0 aliphatic heterocycles. The molecule has 0 aliphatic rings. The van der Waals surface area contributed by atoms with Gasteiger partial charge in [0.2, 0.25) is 0 Å². The summed E-state index contributed by atoms with van der Waals surface area (Å²) in [6, 6.07) is 0. The summed E-state index contributed by atoms with van der Waals surface area (Å²) in [5, 5.41) is 1.92. The topological polar surface area (TPSA) is 38.3 Å². The highest BCUT2D eigenvalue weighted by atomic mass is 19.4. The maximum Gasteiger partial charge on any atom is 0.471 e. The van der Waals surface area contributed by atoms with Gasteiger partial charge in [0.1, 0.15) is 0 Å². The zero-order chi connectivity index (χ0) is 21.8. The van der Waals surface area contributed by atoms with Crippen LogP contribution in [0.4, 0.5) is 13.2 Å². The molecule has 0 aliphatic carbocycles. The summed E-state index contributed by atoms with van der Waals surface area (Å²) in [5.74, 6) is -1.87. The van der Waals surface area contributed by atoms with Crippen molar-refractivity contribution in [3.63, 3.8) is 0 Å². The van der Waals surface area contributed by atoms with Gasteiger partial charge in [-0.25, -0.2) is 0 Å². The second-order valence-corrected chi connectivity index (χ2v) is 8.07. The number of halogens is 3. The zero-order valence-corrected chi connectivity index (χ0v) is 18.8.